The second-order valence-corrected chi connectivity index (χ2v) is 8.72. The number of hydrogen-bond acceptors (Lipinski definition) is 8. The minimum absolute atomic E-state index is 0.0491. The molecule has 0 fully saturated rings. The van der Waals surface area contributed by atoms with E-state index in [4.69, 9.17) is 17.0 Å². The average molecular weight is 505 g/mol. The summed E-state index contributed by atoms with van der Waals surface area (Å²) in [4.78, 5) is 34.3. The number of aryl methyl sites for hydroxylation is 1. The maximum Gasteiger partial charge on any atom is 0.316 e. The fourth-order valence-electron chi connectivity index (χ4n) is 4.39. The number of pyridine rings is 1. The molecule has 5 aromatic rings. The second-order valence-electron chi connectivity index (χ2n) is 8.72. The van der Waals surface area contributed by atoms with Crippen molar-refractivity contribution in [2.45, 2.75) is 19.9 Å². The molecule has 0 unspecified atom stereocenters. The Balaban J connectivity index is 1.75. The lowest BCUT2D eigenvalue weighted by Gasteiger charge is -2.22. The zero-order chi connectivity index (χ0) is 26.8. The van der Waals surface area contributed by atoms with Crippen LogP contribution in [0.4, 0.5) is 17.5 Å². The summed E-state index contributed by atoms with van der Waals surface area (Å²) < 4.78 is 6.77. The lowest BCUT2D eigenvalue weighted by atomic mass is 9.99. The first-order chi connectivity index (χ1) is 18.4. The molecular weight excluding hydrogens is 480 g/mol. The summed E-state index contributed by atoms with van der Waals surface area (Å²) in [5, 5.41) is 4.54. The van der Waals surface area contributed by atoms with Crippen LogP contribution in [0.25, 0.3) is 32.4 Å². The van der Waals surface area contributed by atoms with E-state index in [-0.39, 0.29) is 23.2 Å². The number of methoxy groups -OCH3 is 1. The van der Waals surface area contributed by atoms with E-state index in [1.807, 2.05) is 62.4 Å². The number of aromatic nitrogens is 5. The van der Waals surface area contributed by atoms with Gasteiger partial charge in [0.15, 0.2) is 0 Å². The molecule has 0 spiro atoms. The Hall–Kier alpha value is -5.30. The zero-order valence-corrected chi connectivity index (χ0v) is 21.0. The van der Waals surface area contributed by atoms with Crippen LogP contribution in [0, 0.1) is 13.5 Å². The van der Waals surface area contributed by atoms with Gasteiger partial charge in [0.2, 0.25) is 11.6 Å². The van der Waals surface area contributed by atoms with E-state index in [0.717, 1.165) is 10.9 Å². The number of nitrogens with one attached hydrogen (secondary N) is 1. The number of nitrogens with zero attached hydrogens (tertiary/aromatic N) is 6. The van der Waals surface area contributed by atoms with Gasteiger partial charge in [0.05, 0.1) is 25.1 Å². The predicted molar refractivity (Wildman–Crippen MR) is 147 cm³/mol. The summed E-state index contributed by atoms with van der Waals surface area (Å²) in [6, 6.07) is 15.2. The molecule has 0 radical (unpaired) electrons. The Morgan fingerprint density at radius 2 is 1.84 bits per heavy atom. The summed E-state index contributed by atoms with van der Waals surface area (Å²) in [6.45, 7) is 11.3. The molecule has 0 aliphatic carbocycles. The van der Waals surface area contributed by atoms with Crippen molar-refractivity contribution in [2.75, 3.05) is 18.2 Å². The third-order valence-electron chi connectivity index (χ3n) is 6.16. The number of nitrogen functional groups attached to an aromatic ring is 1. The van der Waals surface area contributed by atoms with Crippen LogP contribution < -0.4 is 21.3 Å². The lowest BCUT2D eigenvalue weighted by Crippen LogP contribution is -2.26. The van der Waals surface area contributed by atoms with Gasteiger partial charge in [-0.1, -0.05) is 30.3 Å². The smallest absolute Gasteiger partial charge is 0.316 e. The Bertz CT molecular complexity index is 1760. The molecule has 0 bridgehead atoms. The van der Waals surface area contributed by atoms with Crippen molar-refractivity contribution in [3.63, 3.8) is 0 Å². The highest BCUT2D eigenvalue weighted by atomic mass is 16.5. The van der Waals surface area contributed by atoms with Gasteiger partial charge in [-0.25, -0.2) is 24.8 Å². The summed E-state index contributed by atoms with van der Waals surface area (Å²) in [6.07, 6.45) is 4.66. The van der Waals surface area contributed by atoms with E-state index >= 15 is 0 Å². The van der Waals surface area contributed by atoms with Gasteiger partial charge in [0.1, 0.15) is 5.82 Å². The lowest BCUT2D eigenvalue weighted by molar-refractivity contribution is 0.380. The standard InChI is InChI=1S/C28H24N8O2/c1-16-7-5-9-20(11-16)36-23(17(2)34-25-22(30-3)15-31-27(29)35-25)12-18-8-6-10-21(24(18)26(36)37)19-13-32-28(38-4)33-14-19/h5-15,17H,1-2,4H3,(H3,29,31,34,35)/t17-/m0/s1. The molecule has 38 heavy (non-hydrogen) atoms. The largest absolute Gasteiger partial charge is 0.467 e. The highest BCUT2D eigenvalue weighted by Crippen LogP contribution is 2.31. The van der Waals surface area contributed by atoms with Crippen LogP contribution in [-0.4, -0.2) is 31.6 Å². The quantitative estimate of drug-likeness (QED) is 0.314. The van der Waals surface area contributed by atoms with Gasteiger partial charge in [-0.15, -0.1) is 0 Å². The number of ether oxygens (including phenoxy) is 1. The van der Waals surface area contributed by atoms with Crippen LogP contribution in [0.3, 0.4) is 0 Å². The number of hydrogen-bond donors (Lipinski definition) is 2. The van der Waals surface area contributed by atoms with Crippen LogP contribution in [0.15, 0.2) is 71.9 Å². The molecule has 2 aromatic carbocycles. The fraction of sp³-hybridized carbons (Fsp3) is 0.143. The molecule has 10 heteroatoms. The molecule has 0 aliphatic heterocycles. The Morgan fingerprint density at radius 3 is 2.55 bits per heavy atom. The highest BCUT2D eigenvalue weighted by molar-refractivity contribution is 5.96. The summed E-state index contributed by atoms with van der Waals surface area (Å²) >= 11 is 0. The van der Waals surface area contributed by atoms with Crippen LogP contribution in [0.1, 0.15) is 24.2 Å². The van der Waals surface area contributed by atoms with E-state index in [9.17, 15) is 4.79 Å². The maximum absolute atomic E-state index is 14.3. The van der Waals surface area contributed by atoms with Crippen molar-refractivity contribution >= 4 is 28.2 Å². The van der Waals surface area contributed by atoms with Crippen molar-refractivity contribution in [3.8, 4) is 22.8 Å². The normalized spacial score (nSPS) is 11.6. The molecule has 0 saturated carbocycles. The highest BCUT2D eigenvalue weighted by Gasteiger charge is 2.20. The molecule has 0 aliphatic rings. The third kappa shape index (κ3) is 4.49. The van der Waals surface area contributed by atoms with E-state index in [1.165, 1.54) is 13.3 Å². The second kappa shape index (κ2) is 9.99. The van der Waals surface area contributed by atoms with E-state index in [1.54, 1.807) is 17.0 Å². The van der Waals surface area contributed by atoms with Gasteiger partial charge in [-0.05, 0) is 48.6 Å². The molecule has 1 atom stereocenters. The fourth-order valence-corrected chi connectivity index (χ4v) is 4.39. The van der Waals surface area contributed by atoms with Crippen molar-refractivity contribution in [1.82, 2.24) is 24.5 Å². The first-order valence-corrected chi connectivity index (χ1v) is 11.8. The number of fused-ring (bicyclic) bond motifs is 1. The molecule has 0 saturated heterocycles. The van der Waals surface area contributed by atoms with E-state index in [0.29, 0.717) is 33.7 Å². The minimum atomic E-state index is -0.421. The molecule has 3 heterocycles. The number of rotatable bonds is 6. The van der Waals surface area contributed by atoms with Crippen molar-refractivity contribution in [2.24, 2.45) is 0 Å². The van der Waals surface area contributed by atoms with Crippen molar-refractivity contribution < 1.29 is 4.74 Å². The topological polar surface area (TPSA) is 125 Å². The molecular formula is C28H24N8O2. The van der Waals surface area contributed by atoms with Crippen molar-refractivity contribution in [3.05, 3.63) is 100 Å². The predicted octanol–water partition coefficient (Wildman–Crippen LogP) is 4.86. The van der Waals surface area contributed by atoms with Crippen LogP contribution in [0.5, 0.6) is 6.01 Å². The Kier molecular flexibility index (Phi) is 6.41. The maximum atomic E-state index is 14.3. The number of nitrogens with two attached hydrogens (primary N) is 1. The number of anilines is 2. The van der Waals surface area contributed by atoms with Gasteiger partial charge >= 0.3 is 6.01 Å². The van der Waals surface area contributed by atoms with Crippen LogP contribution in [0.2, 0.25) is 0 Å². The van der Waals surface area contributed by atoms with E-state index in [2.05, 4.69) is 30.1 Å². The monoisotopic (exact) mass is 504 g/mol. The first kappa shape index (κ1) is 24.4. The average Bonchev–Trinajstić information content (AvgIpc) is 2.92. The van der Waals surface area contributed by atoms with E-state index < -0.39 is 6.04 Å². The molecule has 3 N–H and O–H groups in total. The van der Waals surface area contributed by atoms with Gasteiger partial charge in [0, 0.05) is 35.5 Å². The minimum Gasteiger partial charge on any atom is -0.467 e. The SMILES string of the molecule is [C-]#[N+]c1cnc(N)nc1N[C@@H](C)c1cc2cccc(-c3cnc(OC)nc3)c2c(=O)n1-c1cccc(C)c1. The molecule has 10 nitrogen and oxygen atoms in total. The molecule has 3 aromatic heterocycles. The summed E-state index contributed by atoms with van der Waals surface area (Å²) in [5.74, 6) is 0.348. The van der Waals surface area contributed by atoms with Crippen molar-refractivity contribution in [1.29, 1.82) is 0 Å². The molecule has 188 valence electrons. The summed E-state index contributed by atoms with van der Waals surface area (Å²) in [5.41, 5.74) is 9.64. The van der Waals surface area contributed by atoms with Gasteiger partial charge in [-0.3, -0.25) is 9.36 Å². The number of benzene rings is 2. The Labute approximate surface area is 218 Å². The van der Waals surface area contributed by atoms with Gasteiger partial charge < -0.3 is 15.8 Å². The molecule has 5 rings (SSSR count). The Morgan fingerprint density at radius 1 is 1.08 bits per heavy atom. The summed E-state index contributed by atoms with van der Waals surface area (Å²) in [7, 11) is 1.50. The zero-order valence-electron chi connectivity index (χ0n) is 21.0. The van der Waals surface area contributed by atoms with Gasteiger partial charge in [0.25, 0.3) is 5.56 Å². The van der Waals surface area contributed by atoms with Crippen LogP contribution in [-0.2, 0) is 0 Å². The molecule has 0 amide bonds. The van der Waals surface area contributed by atoms with Gasteiger partial charge in [-0.2, -0.15) is 0 Å². The first-order valence-electron chi connectivity index (χ1n) is 11.8. The third-order valence-corrected chi connectivity index (χ3v) is 6.16. The van der Waals surface area contributed by atoms with Crippen LogP contribution >= 0.6 is 0 Å².